The van der Waals surface area contributed by atoms with Crippen LogP contribution in [-0.4, -0.2) is 18.8 Å². The molecule has 0 radical (unpaired) electrons. The van der Waals surface area contributed by atoms with E-state index in [1.165, 1.54) is 0 Å². The van der Waals surface area contributed by atoms with Crippen LogP contribution in [0.1, 0.15) is 24.2 Å². The third kappa shape index (κ3) is 1.43. The van der Waals surface area contributed by atoms with E-state index in [9.17, 15) is 0 Å². The summed E-state index contributed by atoms with van der Waals surface area (Å²) in [5.74, 6) is 1.56. The van der Waals surface area contributed by atoms with Crippen molar-refractivity contribution in [3.8, 4) is 5.88 Å². The van der Waals surface area contributed by atoms with Crippen LogP contribution in [0, 0.1) is 6.92 Å². The van der Waals surface area contributed by atoms with Gasteiger partial charge in [0, 0.05) is 12.5 Å². The highest BCUT2D eigenvalue weighted by molar-refractivity contribution is 5.28. The fourth-order valence-electron chi connectivity index (χ4n) is 1.09. The van der Waals surface area contributed by atoms with Gasteiger partial charge >= 0.3 is 0 Å². The van der Waals surface area contributed by atoms with Gasteiger partial charge in [-0.2, -0.15) is 0 Å². The highest BCUT2D eigenvalue weighted by Gasteiger charge is 2.16. The number of rotatable bonds is 3. The number of ether oxygens (including phenoxy) is 1. The van der Waals surface area contributed by atoms with Gasteiger partial charge in [0.1, 0.15) is 5.76 Å². The van der Waals surface area contributed by atoms with Gasteiger partial charge in [-0.1, -0.05) is 6.92 Å². The standard InChI is InChI=1S/C8H14N2O2/c1-5(4-9)7-6(2)8(11-3)10-12-7/h5H,4,9H2,1-3H3. The molecule has 0 aliphatic rings. The van der Waals surface area contributed by atoms with Crippen molar-refractivity contribution in [3.05, 3.63) is 11.3 Å². The Hall–Kier alpha value is -1.03. The number of hydrogen-bond donors (Lipinski definition) is 1. The minimum Gasteiger partial charge on any atom is -0.479 e. The van der Waals surface area contributed by atoms with Crippen LogP contribution in [-0.2, 0) is 0 Å². The zero-order chi connectivity index (χ0) is 9.14. The van der Waals surface area contributed by atoms with Gasteiger partial charge in [-0.25, -0.2) is 0 Å². The Labute approximate surface area is 71.7 Å². The van der Waals surface area contributed by atoms with Gasteiger partial charge in [0.25, 0.3) is 5.88 Å². The minimum absolute atomic E-state index is 0.196. The predicted molar refractivity (Wildman–Crippen MR) is 45.3 cm³/mol. The molecule has 0 spiro atoms. The Morgan fingerprint density at radius 3 is 2.75 bits per heavy atom. The lowest BCUT2D eigenvalue weighted by molar-refractivity contribution is 0.320. The van der Waals surface area contributed by atoms with E-state index >= 15 is 0 Å². The maximum absolute atomic E-state index is 5.50. The number of aromatic nitrogens is 1. The highest BCUT2D eigenvalue weighted by atomic mass is 16.5. The van der Waals surface area contributed by atoms with Crippen molar-refractivity contribution < 1.29 is 9.26 Å². The Morgan fingerprint density at radius 1 is 1.67 bits per heavy atom. The zero-order valence-electron chi connectivity index (χ0n) is 7.63. The maximum atomic E-state index is 5.50. The third-order valence-electron chi connectivity index (χ3n) is 1.91. The van der Waals surface area contributed by atoms with Gasteiger partial charge in [0.05, 0.1) is 12.7 Å². The van der Waals surface area contributed by atoms with E-state index in [2.05, 4.69) is 5.16 Å². The average Bonchev–Trinajstić information content (AvgIpc) is 2.45. The van der Waals surface area contributed by atoms with Crippen molar-refractivity contribution in [2.45, 2.75) is 19.8 Å². The van der Waals surface area contributed by atoms with Gasteiger partial charge in [0.2, 0.25) is 0 Å². The summed E-state index contributed by atoms with van der Waals surface area (Å²) in [4.78, 5) is 0. The molecule has 0 saturated carbocycles. The monoisotopic (exact) mass is 170 g/mol. The molecule has 0 amide bonds. The zero-order valence-corrected chi connectivity index (χ0v) is 7.63. The maximum Gasteiger partial charge on any atom is 0.257 e. The lowest BCUT2D eigenvalue weighted by Gasteiger charge is -2.03. The molecule has 0 aliphatic carbocycles. The fraction of sp³-hybridized carbons (Fsp3) is 0.625. The Bertz CT molecular complexity index is 258. The van der Waals surface area contributed by atoms with E-state index in [0.717, 1.165) is 11.3 Å². The smallest absolute Gasteiger partial charge is 0.257 e. The summed E-state index contributed by atoms with van der Waals surface area (Å²) in [5, 5.41) is 3.75. The van der Waals surface area contributed by atoms with Gasteiger partial charge in [-0.15, -0.1) is 0 Å². The number of nitrogens with zero attached hydrogens (tertiary/aromatic N) is 1. The van der Waals surface area contributed by atoms with Crippen LogP contribution in [0.2, 0.25) is 0 Å². The molecule has 1 atom stereocenters. The molecule has 0 aromatic carbocycles. The van der Waals surface area contributed by atoms with Crippen molar-refractivity contribution in [3.63, 3.8) is 0 Å². The summed E-state index contributed by atoms with van der Waals surface area (Å²) >= 11 is 0. The highest BCUT2D eigenvalue weighted by Crippen LogP contribution is 2.25. The van der Waals surface area contributed by atoms with Crippen LogP contribution in [0.4, 0.5) is 0 Å². The third-order valence-corrected chi connectivity index (χ3v) is 1.91. The first-order valence-corrected chi connectivity index (χ1v) is 3.91. The number of methoxy groups -OCH3 is 1. The van der Waals surface area contributed by atoms with Gasteiger partial charge < -0.3 is 15.0 Å². The molecular formula is C8H14N2O2. The lowest BCUT2D eigenvalue weighted by atomic mass is 10.1. The number of hydrogen-bond acceptors (Lipinski definition) is 4. The molecule has 68 valence electrons. The van der Waals surface area contributed by atoms with E-state index in [0.29, 0.717) is 12.4 Å². The first-order valence-electron chi connectivity index (χ1n) is 3.91. The summed E-state index contributed by atoms with van der Waals surface area (Å²) in [7, 11) is 1.57. The molecule has 0 bridgehead atoms. The normalized spacial score (nSPS) is 13.0. The summed E-state index contributed by atoms with van der Waals surface area (Å²) in [6, 6.07) is 0. The second kappa shape index (κ2) is 3.58. The Balaban J connectivity index is 2.93. The molecule has 1 unspecified atom stereocenters. The van der Waals surface area contributed by atoms with Crippen LogP contribution in [0.3, 0.4) is 0 Å². The van der Waals surface area contributed by atoms with E-state index < -0.39 is 0 Å². The Kier molecular flexibility index (Phi) is 2.70. The molecule has 0 fully saturated rings. The largest absolute Gasteiger partial charge is 0.479 e. The molecule has 0 saturated heterocycles. The molecule has 1 aromatic heterocycles. The van der Waals surface area contributed by atoms with E-state index in [-0.39, 0.29) is 5.92 Å². The molecule has 12 heavy (non-hydrogen) atoms. The molecule has 1 rings (SSSR count). The Morgan fingerprint density at radius 2 is 2.33 bits per heavy atom. The summed E-state index contributed by atoms with van der Waals surface area (Å²) in [6.07, 6.45) is 0. The summed E-state index contributed by atoms with van der Waals surface area (Å²) < 4.78 is 10.1. The van der Waals surface area contributed by atoms with Gasteiger partial charge in [0.15, 0.2) is 0 Å². The first kappa shape index (κ1) is 9.06. The van der Waals surface area contributed by atoms with Crippen molar-refractivity contribution >= 4 is 0 Å². The first-order chi connectivity index (χ1) is 5.70. The SMILES string of the molecule is COc1noc(C(C)CN)c1C. The second-order valence-electron chi connectivity index (χ2n) is 2.82. The number of nitrogens with two attached hydrogens (primary N) is 1. The van der Waals surface area contributed by atoms with Crippen LogP contribution in [0.15, 0.2) is 4.52 Å². The minimum atomic E-state index is 0.196. The van der Waals surface area contributed by atoms with Gasteiger partial charge in [-0.05, 0) is 12.1 Å². The van der Waals surface area contributed by atoms with Crippen molar-refractivity contribution in [1.82, 2.24) is 5.16 Å². The van der Waals surface area contributed by atoms with Crippen LogP contribution >= 0.6 is 0 Å². The lowest BCUT2D eigenvalue weighted by Crippen LogP contribution is -2.08. The molecule has 4 nitrogen and oxygen atoms in total. The van der Waals surface area contributed by atoms with E-state index in [1.54, 1.807) is 7.11 Å². The quantitative estimate of drug-likeness (QED) is 0.736. The molecular weight excluding hydrogens is 156 g/mol. The molecule has 0 aliphatic heterocycles. The average molecular weight is 170 g/mol. The summed E-state index contributed by atoms with van der Waals surface area (Å²) in [6.45, 7) is 4.46. The molecule has 1 heterocycles. The van der Waals surface area contributed by atoms with E-state index in [1.807, 2.05) is 13.8 Å². The molecule has 4 heteroatoms. The van der Waals surface area contributed by atoms with Crippen molar-refractivity contribution in [2.24, 2.45) is 5.73 Å². The van der Waals surface area contributed by atoms with Crippen molar-refractivity contribution in [2.75, 3.05) is 13.7 Å². The van der Waals surface area contributed by atoms with Crippen LogP contribution < -0.4 is 10.5 Å². The van der Waals surface area contributed by atoms with Crippen LogP contribution in [0.5, 0.6) is 5.88 Å². The summed E-state index contributed by atoms with van der Waals surface area (Å²) in [5.41, 5.74) is 6.44. The molecule has 2 N–H and O–H groups in total. The van der Waals surface area contributed by atoms with E-state index in [4.69, 9.17) is 15.0 Å². The van der Waals surface area contributed by atoms with Crippen LogP contribution in [0.25, 0.3) is 0 Å². The van der Waals surface area contributed by atoms with Crippen molar-refractivity contribution in [1.29, 1.82) is 0 Å². The molecule has 1 aromatic rings. The predicted octanol–water partition coefficient (Wildman–Crippen LogP) is 1.05. The second-order valence-corrected chi connectivity index (χ2v) is 2.82. The van der Waals surface area contributed by atoms with Gasteiger partial charge in [-0.3, -0.25) is 0 Å². The topological polar surface area (TPSA) is 61.3 Å². The fourth-order valence-corrected chi connectivity index (χ4v) is 1.09.